The van der Waals surface area contributed by atoms with E-state index in [4.69, 9.17) is 5.26 Å². The summed E-state index contributed by atoms with van der Waals surface area (Å²) in [6.45, 7) is 4.05. The van der Waals surface area contributed by atoms with Crippen LogP contribution in [0.4, 0.5) is 5.69 Å². The van der Waals surface area contributed by atoms with Gasteiger partial charge in [-0.2, -0.15) is 5.26 Å². The van der Waals surface area contributed by atoms with Crippen molar-refractivity contribution in [2.24, 2.45) is 5.92 Å². The number of carbonyl (C=O) groups is 1. The van der Waals surface area contributed by atoms with E-state index >= 15 is 0 Å². The van der Waals surface area contributed by atoms with Crippen LogP contribution in [-0.4, -0.2) is 13.0 Å². The minimum absolute atomic E-state index is 0.0793. The second kappa shape index (κ2) is 6.05. The van der Waals surface area contributed by atoms with Crippen molar-refractivity contribution in [3.8, 4) is 6.07 Å². The highest BCUT2D eigenvalue weighted by Gasteiger charge is 2.19. The largest absolute Gasteiger partial charge is 0.315 e. The number of nitrogens with zero attached hydrogens (tertiary/aromatic N) is 2. The Labute approximate surface area is 103 Å². The number of hydrogen-bond donors (Lipinski definition) is 0. The molecule has 0 unspecified atom stereocenters. The molecular formula is C14H18N2O. The van der Waals surface area contributed by atoms with E-state index in [-0.39, 0.29) is 11.8 Å². The molecule has 0 heterocycles. The number of anilines is 1. The summed E-state index contributed by atoms with van der Waals surface area (Å²) in [5.41, 5.74) is 1.44. The molecule has 3 heteroatoms. The summed E-state index contributed by atoms with van der Waals surface area (Å²) in [7, 11) is 1.78. The molecule has 1 amide bonds. The molecule has 0 atom stereocenters. The van der Waals surface area contributed by atoms with Crippen LogP contribution in [0.2, 0.25) is 0 Å². The van der Waals surface area contributed by atoms with Gasteiger partial charge in [-0.25, -0.2) is 0 Å². The molecule has 0 bridgehead atoms. The highest BCUT2D eigenvalue weighted by Crippen LogP contribution is 2.18. The predicted octanol–water partition coefficient (Wildman–Crippen LogP) is 2.96. The fourth-order valence-corrected chi connectivity index (χ4v) is 1.80. The molecule has 0 aliphatic rings. The Morgan fingerprint density at radius 2 is 1.82 bits per heavy atom. The SMILES string of the molecule is CCC(CC)C(=O)N(C)c1ccc(C#N)cc1. The first kappa shape index (κ1) is 13.2. The predicted molar refractivity (Wildman–Crippen MR) is 68.6 cm³/mol. The van der Waals surface area contributed by atoms with Crippen molar-refractivity contribution in [1.82, 2.24) is 0 Å². The van der Waals surface area contributed by atoms with Gasteiger partial charge < -0.3 is 4.90 Å². The van der Waals surface area contributed by atoms with Gasteiger partial charge in [0.25, 0.3) is 0 Å². The van der Waals surface area contributed by atoms with Crippen molar-refractivity contribution in [2.75, 3.05) is 11.9 Å². The van der Waals surface area contributed by atoms with Crippen LogP contribution in [-0.2, 0) is 4.79 Å². The summed E-state index contributed by atoms with van der Waals surface area (Å²) < 4.78 is 0. The van der Waals surface area contributed by atoms with Crippen LogP contribution in [0.15, 0.2) is 24.3 Å². The van der Waals surface area contributed by atoms with E-state index in [1.54, 1.807) is 36.2 Å². The number of amides is 1. The monoisotopic (exact) mass is 230 g/mol. The zero-order valence-corrected chi connectivity index (χ0v) is 10.6. The van der Waals surface area contributed by atoms with Crippen LogP contribution in [0.1, 0.15) is 32.3 Å². The van der Waals surface area contributed by atoms with E-state index in [1.807, 2.05) is 13.8 Å². The third-order valence-corrected chi connectivity index (χ3v) is 3.05. The average molecular weight is 230 g/mol. The maximum absolute atomic E-state index is 12.1. The Balaban J connectivity index is 2.85. The van der Waals surface area contributed by atoms with Gasteiger partial charge >= 0.3 is 0 Å². The summed E-state index contributed by atoms with van der Waals surface area (Å²) >= 11 is 0. The van der Waals surface area contributed by atoms with Crippen molar-refractivity contribution in [2.45, 2.75) is 26.7 Å². The molecular weight excluding hydrogens is 212 g/mol. The summed E-state index contributed by atoms with van der Waals surface area (Å²) in [4.78, 5) is 13.8. The minimum Gasteiger partial charge on any atom is -0.315 e. The van der Waals surface area contributed by atoms with Gasteiger partial charge in [-0.15, -0.1) is 0 Å². The van der Waals surface area contributed by atoms with E-state index in [0.717, 1.165) is 18.5 Å². The second-order valence-corrected chi connectivity index (χ2v) is 4.07. The lowest BCUT2D eigenvalue weighted by molar-refractivity contribution is -0.122. The molecule has 0 fully saturated rings. The zero-order valence-electron chi connectivity index (χ0n) is 10.6. The number of rotatable bonds is 4. The third kappa shape index (κ3) is 3.07. The number of nitriles is 1. The summed E-state index contributed by atoms with van der Waals surface area (Å²) in [5.74, 6) is 0.218. The highest BCUT2D eigenvalue weighted by atomic mass is 16.2. The fraction of sp³-hybridized carbons (Fsp3) is 0.429. The Kier molecular flexibility index (Phi) is 4.71. The maximum atomic E-state index is 12.1. The summed E-state index contributed by atoms with van der Waals surface area (Å²) in [6, 6.07) is 9.13. The van der Waals surface area contributed by atoms with Gasteiger partial charge in [-0.05, 0) is 37.1 Å². The Bertz CT molecular complexity index is 413. The van der Waals surface area contributed by atoms with E-state index in [2.05, 4.69) is 6.07 Å². The Hall–Kier alpha value is -1.82. The van der Waals surface area contributed by atoms with Crippen LogP contribution in [0, 0.1) is 17.2 Å². The van der Waals surface area contributed by atoms with Crippen molar-refractivity contribution < 1.29 is 4.79 Å². The van der Waals surface area contributed by atoms with Gasteiger partial charge in [-0.3, -0.25) is 4.79 Å². The smallest absolute Gasteiger partial charge is 0.229 e. The van der Waals surface area contributed by atoms with Crippen molar-refractivity contribution >= 4 is 11.6 Å². The van der Waals surface area contributed by atoms with Gasteiger partial charge in [0.15, 0.2) is 0 Å². The van der Waals surface area contributed by atoms with Crippen molar-refractivity contribution in [1.29, 1.82) is 5.26 Å². The van der Waals surface area contributed by atoms with E-state index in [1.165, 1.54) is 0 Å². The maximum Gasteiger partial charge on any atom is 0.229 e. The molecule has 1 aromatic rings. The Morgan fingerprint density at radius 3 is 2.24 bits per heavy atom. The molecule has 0 N–H and O–H groups in total. The standard InChI is InChI=1S/C14H18N2O/c1-4-12(5-2)14(17)16(3)13-8-6-11(10-15)7-9-13/h6-9,12H,4-5H2,1-3H3. The van der Waals surface area contributed by atoms with Crippen LogP contribution in [0.25, 0.3) is 0 Å². The summed E-state index contributed by atoms with van der Waals surface area (Å²) in [5, 5.41) is 8.71. The third-order valence-electron chi connectivity index (χ3n) is 3.05. The molecule has 1 aromatic carbocycles. The molecule has 90 valence electrons. The lowest BCUT2D eigenvalue weighted by Gasteiger charge is -2.22. The number of hydrogen-bond acceptors (Lipinski definition) is 2. The van der Waals surface area contributed by atoms with Crippen molar-refractivity contribution in [3.63, 3.8) is 0 Å². The van der Waals surface area contributed by atoms with Gasteiger partial charge in [0.2, 0.25) is 5.91 Å². The van der Waals surface area contributed by atoms with Crippen LogP contribution in [0.5, 0.6) is 0 Å². The highest BCUT2D eigenvalue weighted by molar-refractivity contribution is 5.94. The molecule has 0 radical (unpaired) electrons. The molecule has 0 saturated carbocycles. The van der Waals surface area contributed by atoms with Crippen molar-refractivity contribution in [3.05, 3.63) is 29.8 Å². The van der Waals surface area contributed by atoms with E-state index < -0.39 is 0 Å². The van der Waals surface area contributed by atoms with Crippen LogP contribution in [0.3, 0.4) is 0 Å². The molecule has 0 aliphatic carbocycles. The quantitative estimate of drug-likeness (QED) is 0.798. The first-order valence-electron chi connectivity index (χ1n) is 5.91. The average Bonchev–Trinajstić information content (AvgIpc) is 2.39. The first-order chi connectivity index (χ1) is 8.13. The van der Waals surface area contributed by atoms with Gasteiger partial charge in [0, 0.05) is 18.7 Å². The van der Waals surface area contributed by atoms with Crippen LogP contribution >= 0.6 is 0 Å². The van der Waals surface area contributed by atoms with Crippen LogP contribution < -0.4 is 4.90 Å². The summed E-state index contributed by atoms with van der Waals surface area (Å²) in [6.07, 6.45) is 1.71. The topological polar surface area (TPSA) is 44.1 Å². The molecule has 1 rings (SSSR count). The Morgan fingerprint density at radius 1 is 1.29 bits per heavy atom. The molecule has 0 saturated heterocycles. The normalized spacial score (nSPS) is 10.1. The van der Waals surface area contributed by atoms with Gasteiger partial charge in [-0.1, -0.05) is 13.8 Å². The minimum atomic E-state index is 0.0793. The lowest BCUT2D eigenvalue weighted by Crippen LogP contribution is -2.32. The van der Waals surface area contributed by atoms with Gasteiger partial charge in [0.05, 0.1) is 11.6 Å². The molecule has 0 aliphatic heterocycles. The molecule has 0 spiro atoms. The molecule has 3 nitrogen and oxygen atoms in total. The molecule has 17 heavy (non-hydrogen) atoms. The molecule has 0 aromatic heterocycles. The van der Waals surface area contributed by atoms with E-state index in [0.29, 0.717) is 5.56 Å². The van der Waals surface area contributed by atoms with E-state index in [9.17, 15) is 4.79 Å². The van der Waals surface area contributed by atoms with Gasteiger partial charge in [0.1, 0.15) is 0 Å². The number of benzene rings is 1. The zero-order chi connectivity index (χ0) is 12.8. The number of carbonyl (C=O) groups excluding carboxylic acids is 1. The fourth-order valence-electron chi connectivity index (χ4n) is 1.80. The first-order valence-corrected chi connectivity index (χ1v) is 5.91. The lowest BCUT2D eigenvalue weighted by atomic mass is 10.0. The second-order valence-electron chi connectivity index (χ2n) is 4.07.